The van der Waals surface area contributed by atoms with E-state index in [4.69, 9.17) is 10.7 Å². The Labute approximate surface area is 107 Å². The first kappa shape index (κ1) is 13.0. The molecule has 2 N–H and O–H groups in total. The smallest absolute Gasteiger partial charge is 0.302 e. The van der Waals surface area contributed by atoms with Crippen LogP contribution in [0.15, 0.2) is 48.5 Å². The average Bonchev–Trinajstić information content (AvgIpc) is 2.42. The highest BCUT2D eigenvalue weighted by Crippen LogP contribution is 2.18. The minimum Gasteiger partial charge on any atom is -0.358 e. The Morgan fingerprint density at radius 1 is 1.11 bits per heavy atom. The molecule has 0 unspecified atom stereocenters. The Hall–Kier alpha value is -2.47. The number of carbonyl (C=O) groups is 1. The molecule has 0 saturated carbocycles. The summed E-state index contributed by atoms with van der Waals surface area (Å²) in [4.78, 5) is 16.6. The number of rotatable bonds is 3. The number of hydroxylamine groups is 1. The van der Waals surface area contributed by atoms with E-state index in [-0.39, 0.29) is 11.3 Å². The van der Waals surface area contributed by atoms with Crippen molar-refractivity contribution in [3.8, 4) is 5.75 Å². The molecule has 2 aromatic carbocycles. The molecule has 0 fully saturated rings. The number of nitrogens with two attached hydrogens (primary N) is 1. The Bertz CT molecular complexity index is 590. The maximum Gasteiger partial charge on any atom is 0.302 e. The van der Waals surface area contributed by atoms with Crippen LogP contribution in [0, 0.1) is 11.6 Å². The van der Waals surface area contributed by atoms with Crippen molar-refractivity contribution in [2.24, 2.45) is 5.84 Å². The third-order valence-corrected chi connectivity index (χ3v) is 2.31. The van der Waals surface area contributed by atoms with Crippen LogP contribution in [0.5, 0.6) is 5.75 Å². The molecule has 98 valence electrons. The molecule has 0 radical (unpaired) electrons. The van der Waals surface area contributed by atoms with E-state index in [0.717, 1.165) is 12.1 Å². The van der Waals surface area contributed by atoms with Gasteiger partial charge in [-0.05, 0) is 24.3 Å². The van der Waals surface area contributed by atoms with Crippen molar-refractivity contribution in [2.45, 2.75) is 0 Å². The van der Waals surface area contributed by atoms with E-state index < -0.39 is 17.5 Å². The summed E-state index contributed by atoms with van der Waals surface area (Å²) in [5.74, 6) is 2.71. The molecular formula is C13H10F2N2O2. The predicted molar refractivity (Wildman–Crippen MR) is 63.8 cm³/mol. The molecule has 2 rings (SSSR count). The van der Waals surface area contributed by atoms with Crippen molar-refractivity contribution in [3.63, 3.8) is 0 Å². The van der Waals surface area contributed by atoms with Gasteiger partial charge in [-0.1, -0.05) is 23.4 Å². The zero-order chi connectivity index (χ0) is 13.8. The van der Waals surface area contributed by atoms with Gasteiger partial charge in [-0.15, -0.1) is 0 Å². The van der Waals surface area contributed by atoms with Gasteiger partial charge in [0.05, 0.1) is 0 Å². The topological polar surface area (TPSA) is 55.6 Å². The Kier molecular flexibility index (Phi) is 3.72. The molecule has 0 atom stereocenters. The maximum atomic E-state index is 13.3. The average molecular weight is 264 g/mol. The first-order valence-electron chi connectivity index (χ1n) is 5.35. The Morgan fingerprint density at radius 3 is 2.42 bits per heavy atom. The molecule has 0 spiro atoms. The van der Waals surface area contributed by atoms with Gasteiger partial charge < -0.3 is 4.84 Å². The molecular weight excluding hydrogens is 254 g/mol. The molecule has 0 aliphatic carbocycles. The van der Waals surface area contributed by atoms with Crippen molar-refractivity contribution >= 4 is 5.91 Å². The monoisotopic (exact) mass is 264 g/mol. The Morgan fingerprint density at radius 2 is 1.79 bits per heavy atom. The molecule has 1 amide bonds. The van der Waals surface area contributed by atoms with Crippen molar-refractivity contribution in [1.82, 2.24) is 5.17 Å². The molecule has 6 heteroatoms. The standard InChI is InChI=1S/C13H10F2N2O2/c14-10-6-7-12(11(15)8-10)19-17(16)13(18)9-4-2-1-3-5-9/h1-8H,16H2. The van der Waals surface area contributed by atoms with Crippen molar-refractivity contribution in [1.29, 1.82) is 0 Å². The Balaban J connectivity index is 2.13. The minimum absolute atomic E-state index is 0.285. The molecule has 4 nitrogen and oxygen atoms in total. The van der Waals surface area contributed by atoms with Crippen LogP contribution in [0.2, 0.25) is 0 Å². The number of carbonyl (C=O) groups excluding carboxylic acids is 1. The first-order chi connectivity index (χ1) is 9.08. The fourth-order valence-electron chi connectivity index (χ4n) is 1.40. The number of hydrogen-bond donors (Lipinski definition) is 1. The summed E-state index contributed by atoms with van der Waals surface area (Å²) in [6.07, 6.45) is 0. The fourth-order valence-corrected chi connectivity index (χ4v) is 1.40. The second kappa shape index (κ2) is 5.45. The van der Waals surface area contributed by atoms with Gasteiger partial charge in [-0.2, -0.15) is 0 Å². The second-order valence-corrected chi connectivity index (χ2v) is 3.66. The molecule has 0 bridgehead atoms. The van der Waals surface area contributed by atoms with Crippen LogP contribution in [-0.4, -0.2) is 11.1 Å². The third-order valence-electron chi connectivity index (χ3n) is 2.31. The van der Waals surface area contributed by atoms with E-state index in [0.29, 0.717) is 11.2 Å². The summed E-state index contributed by atoms with van der Waals surface area (Å²) < 4.78 is 26.0. The van der Waals surface area contributed by atoms with E-state index in [1.54, 1.807) is 18.2 Å². The number of benzene rings is 2. The van der Waals surface area contributed by atoms with Gasteiger partial charge in [0, 0.05) is 11.6 Å². The van der Waals surface area contributed by atoms with Gasteiger partial charge in [-0.3, -0.25) is 4.79 Å². The summed E-state index contributed by atoms with van der Waals surface area (Å²) in [7, 11) is 0. The lowest BCUT2D eigenvalue weighted by Gasteiger charge is -2.16. The highest BCUT2D eigenvalue weighted by molar-refractivity contribution is 5.93. The lowest BCUT2D eigenvalue weighted by molar-refractivity contribution is -0.0368. The van der Waals surface area contributed by atoms with Crippen LogP contribution >= 0.6 is 0 Å². The molecule has 0 aliphatic rings. The summed E-state index contributed by atoms with van der Waals surface area (Å²) in [6, 6.07) is 10.8. The summed E-state index contributed by atoms with van der Waals surface area (Å²) in [5.41, 5.74) is 0.285. The van der Waals surface area contributed by atoms with Crippen LogP contribution in [0.25, 0.3) is 0 Å². The van der Waals surface area contributed by atoms with Crippen molar-refractivity contribution in [2.75, 3.05) is 0 Å². The summed E-state index contributed by atoms with van der Waals surface area (Å²) in [6.45, 7) is 0. The molecule has 0 heterocycles. The number of hydrogen-bond acceptors (Lipinski definition) is 3. The van der Waals surface area contributed by atoms with E-state index in [2.05, 4.69) is 0 Å². The van der Waals surface area contributed by atoms with Gasteiger partial charge in [0.1, 0.15) is 5.82 Å². The van der Waals surface area contributed by atoms with Gasteiger partial charge in [-0.25, -0.2) is 14.6 Å². The van der Waals surface area contributed by atoms with Crippen molar-refractivity contribution in [3.05, 3.63) is 65.7 Å². The molecule has 0 aliphatic heterocycles. The van der Waals surface area contributed by atoms with Crippen molar-refractivity contribution < 1.29 is 18.4 Å². The van der Waals surface area contributed by atoms with Crippen LogP contribution in [0.4, 0.5) is 8.78 Å². The predicted octanol–water partition coefficient (Wildman–Crippen LogP) is 2.27. The summed E-state index contributed by atoms with van der Waals surface area (Å²) >= 11 is 0. The van der Waals surface area contributed by atoms with E-state index in [1.165, 1.54) is 12.1 Å². The molecule has 19 heavy (non-hydrogen) atoms. The van der Waals surface area contributed by atoms with Gasteiger partial charge in [0.25, 0.3) is 0 Å². The molecule has 2 aromatic rings. The first-order valence-corrected chi connectivity index (χ1v) is 5.35. The highest BCUT2D eigenvalue weighted by Gasteiger charge is 2.16. The van der Waals surface area contributed by atoms with E-state index in [9.17, 15) is 13.6 Å². The number of nitrogens with zero attached hydrogens (tertiary/aromatic N) is 1. The SMILES string of the molecule is NN(Oc1ccc(F)cc1F)C(=O)c1ccccc1. The van der Waals surface area contributed by atoms with Crippen LogP contribution in [-0.2, 0) is 0 Å². The van der Waals surface area contributed by atoms with E-state index >= 15 is 0 Å². The largest absolute Gasteiger partial charge is 0.358 e. The number of halogens is 2. The normalized spacial score (nSPS) is 10.1. The zero-order valence-electron chi connectivity index (χ0n) is 9.72. The lowest BCUT2D eigenvalue weighted by Crippen LogP contribution is -2.40. The van der Waals surface area contributed by atoms with Gasteiger partial charge >= 0.3 is 5.91 Å². The summed E-state index contributed by atoms with van der Waals surface area (Å²) in [5, 5.41) is 0.394. The number of amides is 1. The number of hydrazine groups is 1. The van der Waals surface area contributed by atoms with Crippen LogP contribution in [0.1, 0.15) is 10.4 Å². The van der Waals surface area contributed by atoms with E-state index in [1.807, 2.05) is 0 Å². The fraction of sp³-hybridized carbons (Fsp3) is 0. The van der Waals surface area contributed by atoms with Crippen LogP contribution < -0.4 is 10.7 Å². The second-order valence-electron chi connectivity index (χ2n) is 3.66. The van der Waals surface area contributed by atoms with Crippen LogP contribution in [0.3, 0.4) is 0 Å². The maximum absolute atomic E-state index is 13.3. The lowest BCUT2D eigenvalue weighted by atomic mass is 10.2. The zero-order valence-corrected chi connectivity index (χ0v) is 9.72. The quantitative estimate of drug-likeness (QED) is 0.525. The third kappa shape index (κ3) is 3.05. The highest BCUT2D eigenvalue weighted by atomic mass is 19.1. The van der Waals surface area contributed by atoms with Gasteiger partial charge in [0.15, 0.2) is 11.6 Å². The van der Waals surface area contributed by atoms with Gasteiger partial charge in [0.2, 0.25) is 0 Å². The minimum atomic E-state index is -0.948. The molecule has 0 aromatic heterocycles. The molecule has 0 saturated heterocycles.